The van der Waals surface area contributed by atoms with Crippen molar-refractivity contribution in [3.63, 3.8) is 0 Å². The Balaban J connectivity index is 1.76. The van der Waals surface area contributed by atoms with Crippen molar-refractivity contribution in [3.05, 3.63) is 43.9 Å². The van der Waals surface area contributed by atoms with Crippen LogP contribution in [0.25, 0.3) is 0 Å². The van der Waals surface area contributed by atoms with Crippen molar-refractivity contribution >= 4 is 34.5 Å². The van der Waals surface area contributed by atoms with Crippen LogP contribution in [0.1, 0.15) is 33.1 Å². The molecule has 1 aromatic heterocycles. The van der Waals surface area contributed by atoms with Gasteiger partial charge < -0.3 is 5.32 Å². The summed E-state index contributed by atoms with van der Waals surface area (Å²) < 4.78 is 0. The fourth-order valence-electron chi connectivity index (χ4n) is 3.03. The lowest BCUT2D eigenvalue weighted by Gasteiger charge is -2.21. The Morgan fingerprint density at radius 3 is 2.86 bits per heavy atom. The third-order valence-corrected chi connectivity index (χ3v) is 5.43. The predicted molar refractivity (Wildman–Crippen MR) is 91.9 cm³/mol. The molecule has 0 aliphatic heterocycles. The second kappa shape index (κ2) is 6.01. The van der Waals surface area contributed by atoms with E-state index in [4.69, 9.17) is 11.6 Å². The molecule has 3 rings (SSSR count). The SMILES string of the molecule is Cc1cc(C)c(NC(=O)C2CCc3nc(C)sc3C2)c(Cl)c1. The predicted octanol–water partition coefficient (Wildman–Crippen LogP) is 4.47. The van der Waals surface area contributed by atoms with Gasteiger partial charge >= 0.3 is 0 Å². The average Bonchev–Trinajstić information content (AvgIpc) is 2.81. The molecule has 0 radical (unpaired) electrons. The van der Waals surface area contributed by atoms with Gasteiger partial charge in [0.2, 0.25) is 5.91 Å². The number of nitrogens with one attached hydrogen (secondary N) is 1. The monoisotopic (exact) mass is 334 g/mol. The molecule has 0 saturated carbocycles. The summed E-state index contributed by atoms with van der Waals surface area (Å²) in [6, 6.07) is 3.92. The standard InChI is InChI=1S/C17H19ClN2OS/c1-9-6-10(2)16(13(18)7-9)20-17(21)12-4-5-14-15(8-12)22-11(3)19-14/h6-7,12H,4-5,8H2,1-3H3,(H,20,21). The maximum atomic E-state index is 12.6. The molecule has 5 heteroatoms. The van der Waals surface area contributed by atoms with Gasteiger partial charge in [-0.2, -0.15) is 0 Å². The molecule has 1 aliphatic carbocycles. The van der Waals surface area contributed by atoms with Crippen LogP contribution in [-0.4, -0.2) is 10.9 Å². The van der Waals surface area contributed by atoms with Gasteiger partial charge in [-0.25, -0.2) is 4.98 Å². The highest BCUT2D eigenvalue weighted by Gasteiger charge is 2.27. The lowest BCUT2D eigenvalue weighted by molar-refractivity contribution is -0.120. The first-order valence-corrected chi connectivity index (χ1v) is 8.66. The number of hydrogen-bond donors (Lipinski definition) is 1. The van der Waals surface area contributed by atoms with Crippen LogP contribution in [0.4, 0.5) is 5.69 Å². The van der Waals surface area contributed by atoms with Crippen LogP contribution in [0.15, 0.2) is 12.1 Å². The molecule has 0 bridgehead atoms. The number of aromatic nitrogens is 1. The lowest BCUT2D eigenvalue weighted by Crippen LogP contribution is -2.28. The van der Waals surface area contributed by atoms with Crippen molar-refractivity contribution in [1.29, 1.82) is 0 Å². The molecule has 1 aliphatic rings. The number of carbonyl (C=O) groups excluding carboxylic acids is 1. The third kappa shape index (κ3) is 3.03. The number of aryl methyl sites for hydroxylation is 4. The molecule has 1 amide bonds. The van der Waals surface area contributed by atoms with Crippen LogP contribution in [0.2, 0.25) is 5.02 Å². The number of fused-ring (bicyclic) bond motifs is 1. The summed E-state index contributed by atoms with van der Waals surface area (Å²) >= 11 is 7.99. The smallest absolute Gasteiger partial charge is 0.227 e. The number of thiazole rings is 1. The summed E-state index contributed by atoms with van der Waals surface area (Å²) in [6.07, 6.45) is 2.53. The zero-order chi connectivity index (χ0) is 15.9. The van der Waals surface area contributed by atoms with Crippen molar-refractivity contribution in [1.82, 2.24) is 4.98 Å². The summed E-state index contributed by atoms with van der Waals surface area (Å²) in [4.78, 5) is 18.4. The van der Waals surface area contributed by atoms with Gasteiger partial charge in [0.1, 0.15) is 0 Å². The molecule has 0 spiro atoms. The van der Waals surface area contributed by atoms with Gasteiger partial charge in [0.15, 0.2) is 0 Å². The number of halogens is 1. The van der Waals surface area contributed by atoms with E-state index < -0.39 is 0 Å². The van der Waals surface area contributed by atoms with Gasteiger partial charge in [0.25, 0.3) is 0 Å². The van der Waals surface area contributed by atoms with Crippen LogP contribution < -0.4 is 5.32 Å². The summed E-state index contributed by atoms with van der Waals surface area (Å²) in [5.41, 5.74) is 4.02. The van der Waals surface area contributed by atoms with Crippen LogP contribution in [0.3, 0.4) is 0 Å². The minimum atomic E-state index is 0.00381. The number of nitrogens with zero attached hydrogens (tertiary/aromatic N) is 1. The first kappa shape index (κ1) is 15.5. The second-order valence-corrected chi connectivity index (χ2v) is 7.67. The number of anilines is 1. The van der Waals surface area contributed by atoms with Gasteiger partial charge in [0, 0.05) is 10.8 Å². The van der Waals surface area contributed by atoms with Gasteiger partial charge in [-0.3, -0.25) is 4.79 Å². The Morgan fingerprint density at radius 2 is 2.14 bits per heavy atom. The van der Waals surface area contributed by atoms with E-state index in [-0.39, 0.29) is 11.8 Å². The molecule has 116 valence electrons. The van der Waals surface area contributed by atoms with E-state index in [2.05, 4.69) is 10.3 Å². The molecule has 1 heterocycles. The van der Waals surface area contributed by atoms with Crippen molar-refractivity contribution < 1.29 is 4.79 Å². The Labute approximate surface area is 139 Å². The topological polar surface area (TPSA) is 42.0 Å². The molecule has 1 atom stereocenters. The second-order valence-electron chi connectivity index (χ2n) is 5.97. The maximum absolute atomic E-state index is 12.6. The Kier molecular flexibility index (Phi) is 4.24. The molecule has 1 N–H and O–H groups in total. The van der Waals surface area contributed by atoms with Gasteiger partial charge in [-0.1, -0.05) is 17.7 Å². The first-order valence-electron chi connectivity index (χ1n) is 7.47. The van der Waals surface area contributed by atoms with Crippen molar-refractivity contribution in [2.75, 3.05) is 5.32 Å². The highest BCUT2D eigenvalue weighted by atomic mass is 35.5. The summed E-state index contributed by atoms with van der Waals surface area (Å²) in [6.45, 7) is 5.99. The maximum Gasteiger partial charge on any atom is 0.227 e. The first-order chi connectivity index (χ1) is 10.4. The van der Waals surface area contributed by atoms with Crippen LogP contribution in [0, 0.1) is 26.7 Å². The fourth-order valence-corrected chi connectivity index (χ4v) is 4.46. The zero-order valence-corrected chi connectivity index (χ0v) is 14.6. The molecule has 0 fully saturated rings. The molecule has 3 nitrogen and oxygen atoms in total. The van der Waals surface area contributed by atoms with Crippen molar-refractivity contribution in [3.8, 4) is 0 Å². The van der Waals surface area contributed by atoms with E-state index >= 15 is 0 Å². The summed E-state index contributed by atoms with van der Waals surface area (Å²) in [7, 11) is 0. The van der Waals surface area contributed by atoms with Gasteiger partial charge in [-0.15, -0.1) is 11.3 Å². The third-order valence-electron chi connectivity index (χ3n) is 4.10. The quantitative estimate of drug-likeness (QED) is 0.880. The number of amides is 1. The minimum absolute atomic E-state index is 0.00381. The Morgan fingerprint density at radius 1 is 1.36 bits per heavy atom. The summed E-state index contributed by atoms with van der Waals surface area (Å²) in [5, 5.41) is 4.72. The highest BCUT2D eigenvalue weighted by Crippen LogP contribution is 2.32. The Hall–Kier alpha value is -1.39. The average molecular weight is 335 g/mol. The van der Waals surface area contributed by atoms with E-state index in [9.17, 15) is 4.79 Å². The molecule has 2 aromatic rings. The highest BCUT2D eigenvalue weighted by molar-refractivity contribution is 7.11. The number of hydrogen-bond acceptors (Lipinski definition) is 3. The summed E-state index contributed by atoms with van der Waals surface area (Å²) in [5.74, 6) is 0.0645. The van der Waals surface area contributed by atoms with E-state index in [1.54, 1.807) is 11.3 Å². The van der Waals surface area contributed by atoms with E-state index in [1.165, 1.54) is 10.6 Å². The number of carbonyl (C=O) groups is 1. The van der Waals surface area contributed by atoms with Crippen LogP contribution in [0.5, 0.6) is 0 Å². The molecular formula is C17H19ClN2OS. The van der Waals surface area contributed by atoms with Gasteiger partial charge in [0.05, 0.1) is 21.4 Å². The van der Waals surface area contributed by atoms with Crippen molar-refractivity contribution in [2.45, 2.75) is 40.0 Å². The molecule has 1 aromatic carbocycles. The minimum Gasteiger partial charge on any atom is -0.324 e. The molecular weight excluding hydrogens is 316 g/mol. The normalized spacial score (nSPS) is 17.2. The van der Waals surface area contributed by atoms with E-state index in [0.717, 1.165) is 41.1 Å². The van der Waals surface area contributed by atoms with Crippen LogP contribution in [-0.2, 0) is 17.6 Å². The van der Waals surface area contributed by atoms with Crippen molar-refractivity contribution in [2.24, 2.45) is 5.92 Å². The van der Waals surface area contributed by atoms with Crippen LogP contribution >= 0.6 is 22.9 Å². The largest absolute Gasteiger partial charge is 0.324 e. The molecule has 0 saturated heterocycles. The number of benzene rings is 1. The molecule has 22 heavy (non-hydrogen) atoms. The zero-order valence-electron chi connectivity index (χ0n) is 13.0. The Bertz CT molecular complexity index is 715. The molecule has 1 unspecified atom stereocenters. The van der Waals surface area contributed by atoms with Gasteiger partial charge in [-0.05, 0) is 57.2 Å². The fraction of sp³-hybridized carbons (Fsp3) is 0.412. The van der Waals surface area contributed by atoms with E-state index in [1.807, 2.05) is 32.9 Å². The van der Waals surface area contributed by atoms with E-state index in [0.29, 0.717) is 5.02 Å². The number of rotatable bonds is 2. The lowest BCUT2D eigenvalue weighted by atomic mass is 9.90.